The molecule has 0 bridgehead atoms. The van der Waals surface area contributed by atoms with Crippen molar-refractivity contribution in [3.8, 4) is 11.8 Å². The molecule has 1 aliphatic carbocycles. The molecule has 0 aromatic carbocycles. The van der Waals surface area contributed by atoms with E-state index in [0.29, 0.717) is 6.42 Å². The first-order valence-electron chi connectivity index (χ1n) is 9.18. The molecular weight excluding hydrogens is 290 g/mol. The van der Waals surface area contributed by atoms with Gasteiger partial charge in [-0.3, -0.25) is 0 Å². The zero-order valence-corrected chi connectivity index (χ0v) is 14.6. The van der Waals surface area contributed by atoms with E-state index in [1.165, 1.54) is 6.42 Å². The van der Waals surface area contributed by atoms with E-state index in [-0.39, 0.29) is 12.0 Å². The van der Waals surface area contributed by atoms with Crippen molar-refractivity contribution in [1.29, 1.82) is 0 Å². The second-order valence-corrected chi connectivity index (χ2v) is 7.06. The van der Waals surface area contributed by atoms with Gasteiger partial charge in [0.15, 0.2) is 0 Å². The van der Waals surface area contributed by atoms with Crippen LogP contribution in [0.4, 0.5) is 0 Å². The maximum atomic E-state index is 12.7. The van der Waals surface area contributed by atoms with Crippen LogP contribution in [0, 0.1) is 17.8 Å². The molecule has 1 N–H and O–H groups in total. The summed E-state index contributed by atoms with van der Waals surface area (Å²) in [5.41, 5.74) is -1.61. The fourth-order valence-electron chi connectivity index (χ4n) is 3.51. The number of esters is 1. The number of carbonyl (C=O) groups excluding carboxylic acids is 1. The third-order valence-electron chi connectivity index (χ3n) is 5.10. The number of aliphatic hydroxyl groups is 1. The zero-order chi connectivity index (χ0) is 16.7. The van der Waals surface area contributed by atoms with Crippen LogP contribution in [-0.2, 0) is 9.53 Å². The summed E-state index contributed by atoms with van der Waals surface area (Å²) in [5, 5.41) is 11.1. The summed E-state index contributed by atoms with van der Waals surface area (Å²) >= 11 is 0. The Kier molecular flexibility index (Phi) is 6.92. The minimum atomic E-state index is -1.61. The molecule has 0 amide bonds. The molecule has 130 valence electrons. The number of piperidine rings is 1. The molecule has 0 aromatic heterocycles. The number of carbonyl (C=O) groups is 1. The molecule has 2 fully saturated rings. The lowest BCUT2D eigenvalue weighted by atomic mass is 9.77. The Hall–Kier alpha value is -1.05. The van der Waals surface area contributed by atoms with Gasteiger partial charge in [-0.2, -0.15) is 0 Å². The van der Waals surface area contributed by atoms with Crippen LogP contribution in [0.5, 0.6) is 0 Å². The molecule has 1 saturated carbocycles. The molecule has 2 aliphatic rings. The van der Waals surface area contributed by atoms with Gasteiger partial charge in [0.2, 0.25) is 5.60 Å². The summed E-state index contributed by atoms with van der Waals surface area (Å²) in [5.74, 6) is 5.28. The van der Waals surface area contributed by atoms with Crippen LogP contribution in [0.15, 0.2) is 0 Å². The van der Waals surface area contributed by atoms with Crippen LogP contribution < -0.4 is 0 Å². The SMILES string of the molecule is CCCC#C[C@](O)(C(=O)OC1CCN(C)CC1)C1CCCCC1. The molecule has 2 rings (SSSR count). The van der Waals surface area contributed by atoms with Crippen LogP contribution in [0.1, 0.15) is 64.7 Å². The van der Waals surface area contributed by atoms with Gasteiger partial charge < -0.3 is 14.7 Å². The highest BCUT2D eigenvalue weighted by Crippen LogP contribution is 2.34. The van der Waals surface area contributed by atoms with Crippen molar-refractivity contribution >= 4 is 5.97 Å². The molecule has 0 unspecified atom stereocenters. The molecule has 1 aliphatic heterocycles. The van der Waals surface area contributed by atoms with E-state index in [4.69, 9.17) is 4.74 Å². The maximum Gasteiger partial charge on any atom is 0.351 e. The van der Waals surface area contributed by atoms with Crippen molar-refractivity contribution in [2.75, 3.05) is 20.1 Å². The highest BCUT2D eigenvalue weighted by Gasteiger charge is 2.45. The number of nitrogens with zero attached hydrogens (tertiary/aromatic N) is 1. The van der Waals surface area contributed by atoms with Crippen LogP contribution in [0.25, 0.3) is 0 Å². The molecule has 1 heterocycles. The van der Waals surface area contributed by atoms with Gasteiger partial charge in [0, 0.05) is 25.4 Å². The quantitative estimate of drug-likeness (QED) is 0.639. The van der Waals surface area contributed by atoms with Gasteiger partial charge >= 0.3 is 5.97 Å². The Morgan fingerprint density at radius 1 is 1.22 bits per heavy atom. The normalized spacial score (nSPS) is 23.6. The predicted molar refractivity (Wildman–Crippen MR) is 90.8 cm³/mol. The summed E-state index contributed by atoms with van der Waals surface area (Å²) in [7, 11) is 2.08. The molecule has 1 saturated heterocycles. The third kappa shape index (κ3) is 4.96. The fourth-order valence-corrected chi connectivity index (χ4v) is 3.51. The fraction of sp³-hybridized carbons (Fsp3) is 0.842. The van der Waals surface area contributed by atoms with E-state index in [1.54, 1.807) is 0 Å². The zero-order valence-electron chi connectivity index (χ0n) is 14.6. The summed E-state index contributed by atoms with van der Waals surface area (Å²) in [6.45, 7) is 3.91. The minimum absolute atomic E-state index is 0.0817. The van der Waals surface area contributed by atoms with Crippen LogP contribution >= 0.6 is 0 Å². The summed E-state index contributed by atoms with van der Waals surface area (Å²) in [6, 6.07) is 0. The Morgan fingerprint density at radius 2 is 1.87 bits per heavy atom. The van der Waals surface area contributed by atoms with Crippen molar-refractivity contribution in [3.05, 3.63) is 0 Å². The van der Waals surface area contributed by atoms with Crippen LogP contribution in [0.2, 0.25) is 0 Å². The molecule has 4 nitrogen and oxygen atoms in total. The molecule has 0 radical (unpaired) electrons. The van der Waals surface area contributed by atoms with E-state index in [1.807, 2.05) is 6.92 Å². The van der Waals surface area contributed by atoms with E-state index in [2.05, 4.69) is 23.8 Å². The van der Waals surface area contributed by atoms with Gasteiger partial charge in [-0.1, -0.05) is 38.0 Å². The summed E-state index contributed by atoms with van der Waals surface area (Å²) in [4.78, 5) is 15.0. The van der Waals surface area contributed by atoms with Gasteiger partial charge in [0.05, 0.1) is 0 Å². The Labute approximate surface area is 140 Å². The first kappa shape index (κ1) is 18.3. The lowest BCUT2D eigenvalue weighted by Crippen LogP contribution is -2.49. The second-order valence-electron chi connectivity index (χ2n) is 7.06. The van der Waals surface area contributed by atoms with Crippen LogP contribution in [-0.4, -0.2) is 47.8 Å². The first-order valence-corrected chi connectivity index (χ1v) is 9.18. The third-order valence-corrected chi connectivity index (χ3v) is 5.10. The van der Waals surface area contributed by atoms with E-state index in [9.17, 15) is 9.90 Å². The highest BCUT2D eigenvalue weighted by atomic mass is 16.6. The first-order chi connectivity index (χ1) is 11.1. The molecular formula is C19H31NO3. The number of hydrogen-bond donors (Lipinski definition) is 1. The molecule has 4 heteroatoms. The molecule has 23 heavy (non-hydrogen) atoms. The lowest BCUT2D eigenvalue weighted by molar-refractivity contribution is -0.173. The molecule has 0 aromatic rings. The van der Waals surface area contributed by atoms with Crippen molar-refractivity contribution in [3.63, 3.8) is 0 Å². The van der Waals surface area contributed by atoms with Crippen molar-refractivity contribution in [2.24, 2.45) is 5.92 Å². The molecule has 0 spiro atoms. The molecule has 1 atom stereocenters. The number of rotatable bonds is 4. The predicted octanol–water partition coefficient (Wildman–Crippen LogP) is 2.74. The largest absolute Gasteiger partial charge is 0.459 e. The minimum Gasteiger partial charge on any atom is -0.459 e. The van der Waals surface area contributed by atoms with Crippen molar-refractivity contribution in [1.82, 2.24) is 4.90 Å². The highest BCUT2D eigenvalue weighted by molar-refractivity contribution is 5.84. The van der Waals surface area contributed by atoms with Gasteiger partial charge in [0.25, 0.3) is 0 Å². The number of unbranched alkanes of at least 4 members (excludes halogenated alkanes) is 1. The second kappa shape index (κ2) is 8.70. The number of likely N-dealkylation sites (tertiary alicyclic amines) is 1. The van der Waals surface area contributed by atoms with Crippen molar-refractivity contribution < 1.29 is 14.6 Å². The lowest BCUT2D eigenvalue weighted by Gasteiger charge is -2.35. The maximum absolute atomic E-state index is 12.7. The van der Waals surface area contributed by atoms with Gasteiger partial charge in [-0.25, -0.2) is 4.79 Å². The van der Waals surface area contributed by atoms with E-state index in [0.717, 1.165) is 58.0 Å². The summed E-state index contributed by atoms with van der Waals surface area (Å²) < 4.78 is 5.67. The number of ether oxygens (including phenoxy) is 1. The van der Waals surface area contributed by atoms with Crippen LogP contribution in [0.3, 0.4) is 0 Å². The standard InChI is InChI=1S/C19H31NO3/c1-3-4-8-13-19(22,16-9-6-5-7-10-16)18(21)23-17-11-14-20(2)15-12-17/h16-17,22H,3-7,9-12,14-15H2,1-2H3/t19-/m1/s1. The topological polar surface area (TPSA) is 49.8 Å². The Bertz CT molecular complexity index is 439. The van der Waals surface area contributed by atoms with E-state index >= 15 is 0 Å². The van der Waals surface area contributed by atoms with Gasteiger partial charge in [-0.15, -0.1) is 0 Å². The smallest absolute Gasteiger partial charge is 0.351 e. The Balaban J connectivity index is 2.05. The Morgan fingerprint density at radius 3 is 2.48 bits per heavy atom. The van der Waals surface area contributed by atoms with E-state index < -0.39 is 11.6 Å². The summed E-state index contributed by atoms with van der Waals surface area (Å²) in [6.07, 6.45) is 8.25. The average molecular weight is 321 g/mol. The number of hydrogen-bond acceptors (Lipinski definition) is 4. The average Bonchev–Trinajstić information content (AvgIpc) is 2.57. The van der Waals surface area contributed by atoms with Gasteiger partial charge in [0.1, 0.15) is 6.10 Å². The van der Waals surface area contributed by atoms with Crippen molar-refractivity contribution in [2.45, 2.75) is 76.4 Å². The monoisotopic (exact) mass is 321 g/mol. The van der Waals surface area contributed by atoms with Gasteiger partial charge in [-0.05, 0) is 39.2 Å².